The van der Waals surface area contributed by atoms with E-state index in [4.69, 9.17) is 4.74 Å². The van der Waals surface area contributed by atoms with E-state index in [9.17, 15) is 19.5 Å². The van der Waals surface area contributed by atoms with E-state index in [1.165, 1.54) is 11.0 Å². The van der Waals surface area contributed by atoms with Gasteiger partial charge in [-0.1, -0.05) is 62.4 Å². The van der Waals surface area contributed by atoms with Gasteiger partial charge in [0.15, 0.2) is 0 Å². The maximum Gasteiger partial charge on any atom is 0.408 e. The number of alkyl carbamates (subject to hydrolysis) is 1. The molecule has 0 aliphatic rings. The highest BCUT2D eigenvalue weighted by molar-refractivity contribution is 6.00. The van der Waals surface area contributed by atoms with Gasteiger partial charge in [-0.15, -0.1) is 0 Å². The van der Waals surface area contributed by atoms with Crippen LogP contribution in [0.4, 0.5) is 10.5 Å². The normalized spacial score (nSPS) is 13.0. The van der Waals surface area contributed by atoms with Gasteiger partial charge in [-0.3, -0.25) is 9.59 Å². The fourth-order valence-electron chi connectivity index (χ4n) is 4.52. The maximum atomic E-state index is 14.0. The molecule has 0 aliphatic carbocycles. The SMILES string of the molecule is CC(C)CCC(C)N(C(=O)CNC(=O)OC(C)(C)C)C(C(=O)Nc1ccc2ccccc2c1)c1ccccc1O. The van der Waals surface area contributed by atoms with Crippen LogP contribution in [0.5, 0.6) is 5.75 Å². The predicted octanol–water partition coefficient (Wildman–Crippen LogP) is 6.40. The molecule has 0 heterocycles. The Hall–Kier alpha value is -4.07. The van der Waals surface area contributed by atoms with E-state index in [-0.39, 0.29) is 18.3 Å². The number of phenols is 1. The Kier molecular flexibility index (Phi) is 10.2. The molecule has 0 fully saturated rings. The highest BCUT2D eigenvalue weighted by Gasteiger charge is 2.36. The zero-order valence-corrected chi connectivity index (χ0v) is 24.2. The molecule has 0 spiro atoms. The molecule has 214 valence electrons. The van der Waals surface area contributed by atoms with E-state index < -0.39 is 29.6 Å². The molecule has 0 bridgehead atoms. The van der Waals surface area contributed by atoms with Gasteiger partial charge in [0.2, 0.25) is 5.91 Å². The molecule has 0 saturated heterocycles. The largest absolute Gasteiger partial charge is 0.508 e. The van der Waals surface area contributed by atoms with E-state index >= 15 is 0 Å². The van der Waals surface area contributed by atoms with Crippen molar-refractivity contribution in [2.45, 2.75) is 72.1 Å². The van der Waals surface area contributed by atoms with Crippen LogP contribution in [0, 0.1) is 5.92 Å². The summed E-state index contributed by atoms with van der Waals surface area (Å²) in [6, 6.07) is 18.4. The minimum Gasteiger partial charge on any atom is -0.508 e. The van der Waals surface area contributed by atoms with Crippen LogP contribution in [0.25, 0.3) is 10.8 Å². The molecule has 3 aromatic carbocycles. The Balaban J connectivity index is 1.98. The van der Waals surface area contributed by atoms with Gasteiger partial charge in [0.25, 0.3) is 5.91 Å². The molecule has 2 unspecified atom stereocenters. The highest BCUT2D eigenvalue weighted by Crippen LogP contribution is 2.33. The van der Waals surface area contributed by atoms with Crippen molar-refractivity contribution in [2.75, 3.05) is 11.9 Å². The molecule has 0 radical (unpaired) electrons. The predicted molar refractivity (Wildman–Crippen MR) is 158 cm³/mol. The topological polar surface area (TPSA) is 108 Å². The summed E-state index contributed by atoms with van der Waals surface area (Å²) in [5.41, 5.74) is 0.135. The number of benzene rings is 3. The second-order valence-corrected chi connectivity index (χ2v) is 11.5. The number of nitrogens with one attached hydrogen (secondary N) is 2. The van der Waals surface area contributed by atoms with Crippen LogP contribution in [0.1, 0.15) is 66.0 Å². The number of carbonyl (C=O) groups excluding carboxylic acids is 3. The van der Waals surface area contributed by atoms with Crippen LogP contribution >= 0.6 is 0 Å². The summed E-state index contributed by atoms with van der Waals surface area (Å²) < 4.78 is 5.29. The molecular weight excluding hydrogens is 506 g/mol. The van der Waals surface area contributed by atoms with Crippen LogP contribution < -0.4 is 10.6 Å². The van der Waals surface area contributed by atoms with Gasteiger partial charge in [-0.2, -0.15) is 0 Å². The molecule has 40 heavy (non-hydrogen) atoms. The number of nitrogens with zero attached hydrogens (tertiary/aromatic N) is 1. The molecule has 8 heteroatoms. The fourth-order valence-corrected chi connectivity index (χ4v) is 4.52. The Bertz CT molecular complexity index is 1330. The smallest absolute Gasteiger partial charge is 0.408 e. The number of carbonyl (C=O) groups is 3. The van der Waals surface area contributed by atoms with E-state index in [2.05, 4.69) is 24.5 Å². The monoisotopic (exact) mass is 547 g/mol. The van der Waals surface area contributed by atoms with E-state index in [0.717, 1.165) is 17.2 Å². The van der Waals surface area contributed by atoms with Crippen molar-refractivity contribution in [3.63, 3.8) is 0 Å². The van der Waals surface area contributed by atoms with E-state index in [1.807, 2.05) is 43.3 Å². The molecule has 0 aliphatic heterocycles. The van der Waals surface area contributed by atoms with Crippen molar-refractivity contribution in [1.29, 1.82) is 0 Å². The second kappa shape index (κ2) is 13.3. The van der Waals surface area contributed by atoms with Crippen LogP contribution in [0.15, 0.2) is 66.7 Å². The van der Waals surface area contributed by atoms with Gasteiger partial charge >= 0.3 is 6.09 Å². The Morgan fingerprint density at radius 3 is 2.20 bits per heavy atom. The number of hydrogen-bond donors (Lipinski definition) is 3. The van der Waals surface area contributed by atoms with Gasteiger partial charge < -0.3 is 25.4 Å². The molecule has 0 saturated carbocycles. The maximum absolute atomic E-state index is 14.0. The Morgan fingerprint density at radius 2 is 1.55 bits per heavy atom. The molecule has 3 N–H and O–H groups in total. The van der Waals surface area contributed by atoms with Crippen LogP contribution in [-0.4, -0.2) is 46.1 Å². The first-order valence-corrected chi connectivity index (χ1v) is 13.7. The first kappa shape index (κ1) is 30.5. The lowest BCUT2D eigenvalue weighted by atomic mass is 9.97. The summed E-state index contributed by atoms with van der Waals surface area (Å²) in [5, 5.41) is 18.3. The molecule has 3 aromatic rings. The summed E-state index contributed by atoms with van der Waals surface area (Å²) >= 11 is 0. The van der Waals surface area contributed by atoms with Gasteiger partial charge in [-0.25, -0.2) is 4.79 Å². The zero-order chi connectivity index (χ0) is 29.4. The van der Waals surface area contributed by atoms with Crippen LogP contribution in [-0.2, 0) is 14.3 Å². The van der Waals surface area contributed by atoms with Crippen molar-refractivity contribution in [3.05, 3.63) is 72.3 Å². The summed E-state index contributed by atoms with van der Waals surface area (Å²) in [4.78, 5) is 41.5. The van der Waals surface area contributed by atoms with E-state index in [1.54, 1.807) is 45.0 Å². The fraction of sp³-hybridized carbons (Fsp3) is 0.406. The molecule has 2 atom stereocenters. The number of para-hydroxylation sites is 1. The minimum absolute atomic E-state index is 0.102. The van der Waals surface area contributed by atoms with E-state index in [0.29, 0.717) is 23.6 Å². The third kappa shape index (κ3) is 8.46. The number of fused-ring (bicyclic) bond motifs is 1. The zero-order valence-electron chi connectivity index (χ0n) is 24.2. The molecular formula is C32H41N3O5. The number of anilines is 1. The van der Waals surface area contributed by atoms with Gasteiger partial charge in [0.1, 0.15) is 23.9 Å². The van der Waals surface area contributed by atoms with Crippen molar-refractivity contribution in [2.24, 2.45) is 5.92 Å². The van der Waals surface area contributed by atoms with Gasteiger partial charge in [0, 0.05) is 17.3 Å². The average Bonchev–Trinajstić information content (AvgIpc) is 2.88. The summed E-state index contributed by atoms with van der Waals surface area (Å²) in [6.07, 6.45) is 0.725. The third-order valence-corrected chi connectivity index (χ3v) is 6.48. The lowest BCUT2D eigenvalue weighted by Gasteiger charge is -2.37. The number of amides is 3. The van der Waals surface area contributed by atoms with Crippen LogP contribution in [0.2, 0.25) is 0 Å². The van der Waals surface area contributed by atoms with Crippen molar-refractivity contribution in [1.82, 2.24) is 10.2 Å². The second-order valence-electron chi connectivity index (χ2n) is 11.5. The molecule has 3 amide bonds. The van der Waals surface area contributed by atoms with Crippen molar-refractivity contribution < 1.29 is 24.2 Å². The minimum atomic E-state index is -1.15. The lowest BCUT2D eigenvalue weighted by Crippen LogP contribution is -2.50. The first-order valence-electron chi connectivity index (χ1n) is 13.7. The number of aromatic hydroxyl groups is 1. The lowest BCUT2D eigenvalue weighted by molar-refractivity contribution is -0.141. The Morgan fingerprint density at radius 1 is 0.900 bits per heavy atom. The molecule has 0 aromatic heterocycles. The van der Waals surface area contributed by atoms with Crippen molar-refractivity contribution >= 4 is 34.4 Å². The molecule has 8 nitrogen and oxygen atoms in total. The standard InChI is InChI=1S/C32H41N3O5/c1-21(2)15-16-22(3)35(28(37)20-33-31(39)40-32(4,5)6)29(26-13-9-10-14-27(26)36)30(38)34-25-18-17-23-11-7-8-12-24(23)19-25/h7-14,17-19,21-22,29,36H,15-16,20H2,1-6H3,(H,33,39)(H,34,38). The van der Waals surface area contributed by atoms with Gasteiger partial charge in [-0.05, 0) is 75.4 Å². The average molecular weight is 548 g/mol. The van der Waals surface area contributed by atoms with Crippen molar-refractivity contribution in [3.8, 4) is 5.75 Å². The summed E-state index contributed by atoms with van der Waals surface area (Å²) in [5.74, 6) is -0.660. The third-order valence-electron chi connectivity index (χ3n) is 6.48. The summed E-state index contributed by atoms with van der Waals surface area (Å²) in [6.45, 7) is 10.9. The van der Waals surface area contributed by atoms with Gasteiger partial charge in [0.05, 0.1) is 0 Å². The quantitative estimate of drug-likeness (QED) is 0.272. The number of ether oxygens (including phenoxy) is 1. The molecule has 3 rings (SSSR count). The Labute approximate surface area is 236 Å². The van der Waals surface area contributed by atoms with Crippen LogP contribution in [0.3, 0.4) is 0 Å². The first-order chi connectivity index (χ1) is 18.9. The highest BCUT2D eigenvalue weighted by atomic mass is 16.6. The number of phenolic OH excluding ortho intramolecular Hbond substituents is 1. The summed E-state index contributed by atoms with van der Waals surface area (Å²) in [7, 11) is 0. The number of hydrogen-bond acceptors (Lipinski definition) is 5. The number of rotatable bonds is 10.